The topological polar surface area (TPSA) is 21.7 Å². The molecule has 36 heavy (non-hydrogen) atoms. The van der Waals surface area contributed by atoms with Crippen molar-refractivity contribution in [1.29, 1.82) is 0 Å². The lowest BCUT2D eigenvalue weighted by atomic mass is 9.92. The Bertz CT molecular complexity index is 1300. The van der Waals surface area contributed by atoms with Gasteiger partial charge in [-0.2, -0.15) is 0 Å². The summed E-state index contributed by atoms with van der Waals surface area (Å²) in [5.74, 6) is 9.18. The summed E-state index contributed by atoms with van der Waals surface area (Å²) in [5.41, 5.74) is 5.51. The quantitative estimate of drug-likeness (QED) is 0.407. The molecule has 0 aromatic heterocycles. The third-order valence-corrected chi connectivity index (χ3v) is 6.17. The molecule has 5 rings (SSSR count). The molecule has 2 aromatic rings. The van der Waals surface area contributed by atoms with E-state index in [1.807, 2.05) is 19.9 Å². The Balaban J connectivity index is 0.00000148. The van der Waals surface area contributed by atoms with Crippen LogP contribution in [0.5, 0.6) is 5.75 Å². The lowest BCUT2D eigenvalue weighted by molar-refractivity contribution is 0.202. The number of hydrogen-bond acceptors (Lipinski definition) is 3. The van der Waals surface area contributed by atoms with Gasteiger partial charge in [0.1, 0.15) is 6.61 Å². The van der Waals surface area contributed by atoms with Crippen LogP contribution in [0.25, 0.3) is 0 Å². The lowest BCUT2D eigenvalue weighted by Gasteiger charge is -2.38. The summed E-state index contributed by atoms with van der Waals surface area (Å²) in [6, 6.07) is 16.8. The van der Waals surface area contributed by atoms with Crippen LogP contribution in [0.1, 0.15) is 51.2 Å². The van der Waals surface area contributed by atoms with Crippen molar-refractivity contribution >= 4 is 5.69 Å². The van der Waals surface area contributed by atoms with Gasteiger partial charge in [0.2, 0.25) is 5.88 Å². The number of nitrogens with zero attached hydrogens (tertiary/aromatic N) is 1. The van der Waals surface area contributed by atoms with Crippen molar-refractivity contribution in [3.63, 3.8) is 0 Å². The van der Waals surface area contributed by atoms with E-state index in [0.29, 0.717) is 6.61 Å². The average molecular weight is 478 g/mol. The Morgan fingerprint density at radius 2 is 1.81 bits per heavy atom. The third kappa shape index (κ3) is 5.34. The SMILES string of the molecule is CC.CC1=C/C(C)C2=C(OC/C=C\1)N(/C1=C/C=C\CC#CC1c1ccccc1)c1ccc(C)cc1O2. The number of fused-ring (bicyclic) bond motifs is 1. The molecule has 0 bridgehead atoms. The first-order valence-corrected chi connectivity index (χ1v) is 12.8. The van der Waals surface area contributed by atoms with Crippen LogP contribution in [0, 0.1) is 24.7 Å². The monoisotopic (exact) mass is 477 g/mol. The maximum absolute atomic E-state index is 6.55. The fourth-order valence-corrected chi connectivity index (χ4v) is 4.56. The van der Waals surface area contributed by atoms with Gasteiger partial charge >= 0.3 is 0 Å². The van der Waals surface area contributed by atoms with E-state index < -0.39 is 0 Å². The molecule has 0 saturated carbocycles. The predicted molar refractivity (Wildman–Crippen MR) is 149 cm³/mol. The minimum Gasteiger partial charge on any atom is -0.472 e. The molecule has 0 amide bonds. The zero-order chi connectivity index (χ0) is 25.5. The minimum atomic E-state index is -0.105. The predicted octanol–water partition coefficient (Wildman–Crippen LogP) is 8.19. The molecule has 1 aliphatic carbocycles. The molecule has 0 radical (unpaired) electrons. The van der Waals surface area contributed by atoms with Crippen molar-refractivity contribution in [2.75, 3.05) is 11.5 Å². The van der Waals surface area contributed by atoms with Gasteiger partial charge < -0.3 is 9.47 Å². The zero-order valence-corrected chi connectivity index (χ0v) is 21.9. The molecule has 2 heterocycles. The largest absolute Gasteiger partial charge is 0.472 e. The molecule has 0 fully saturated rings. The van der Waals surface area contributed by atoms with Gasteiger partial charge in [-0.1, -0.05) is 98.9 Å². The van der Waals surface area contributed by atoms with E-state index in [1.165, 1.54) is 5.57 Å². The summed E-state index contributed by atoms with van der Waals surface area (Å²) < 4.78 is 13.0. The number of hydrogen-bond donors (Lipinski definition) is 0. The highest BCUT2D eigenvalue weighted by molar-refractivity contribution is 5.71. The fraction of sp³-hybridized carbons (Fsp3) is 0.273. The van der Waals surface area contributed by atoms with Crippen LogP contribution in [0.4, 0.5) is 5.69 Å². The van der Waals surface area contributed by atoms with E-state index in [1.54, 1.807) is 0 Å². The molecule has 2 unspecified atom stereocenters. The number of ether oxygens (including phenoxy) is 2. The average Bonchev–Trinajstić information content (AvgIpc) is 2.94. The second-order valence-corrected chi connectivity index (χ2v) is 8.88. The van der Waals surface area contributed by atoms with Gasteiger partial charge in [-0.3, -0.25) is 4.90 Å². The summed E-state index contributed by atoms with van der Waals surface area (Å²) >= 11 is 0. The van der Waals surface area contributed by atoms with E-state index in [4.69, 9.17) is 9.47 Å². The van der Waals surface area contributed by atoms with Crippen LogP contribution in [0.3, 0.4) is 0 Å². The van der Waals surface area contributed by atoms with Gasteiger partial charge in [0, 0.05) is 18.0 Å². The number of anilines is 1. The summed E-state index contributed by atoms with van der Waals surface area (Å²) in [7, 11) is 0. The third-order valence-electron chi connectivity index (χ3n) is 6.17. The summed E-state index contributed by atoms with van der Waals surface area (Å²) in [5, 5.41) is 0. The molecule has 0 spiro atoms. The van der Waals surface area contributed by atoms with E-state index >= 15 is 0 Å². The number of benzene rings is 2. The zero-order valence-electron chi connectivity index (χ0n) is 21.9. The molecule has 2 aliphatic heterocycles. The van der Waals surface area contributed by atoms with E-state index in [9.17, 15) is 0 Å². The highest BCUT2D eigenvalue weighted by atomic mass is 16.5. The maximum atomic E-state index is 6.55. The van der Waals surface area contributed by atoms with Gasteiger partial charge in [-0.05, 0) is 49.3 Å². The molecular formula is C33H35NO2. The van der Waals surface area contributed by atoms with Gasteiger partial charge in [0.15, 0.2) is 11.5 Å². The summed E-state index contributed by atoms with van der Waals surface area (Å²) in [6.07, 6.45) is 13.5. The molecule has 2 aromatic carbocycles. The fourth-order valence-electron chi connectivity index (χ4n) is 4.56. The number of aryl methyl sites for hydroxylation is 1. The standard InChI is InChI=1S/C31H29NO2.C2H6/c1-22-12-11-19-33-31-30(24(3)20-22)34-29-21-23(2)17-18-28(29)32(31)27-16-10-5-4-9-15-26(27)25-13-7-6-8-14-25;1-2/h5-8,10-14,16-18,20-21,24,26H,4,19H2,1-3H3;1-2H3/b10-5-,12-11-,22-20-,27-16+;. The second-order valence-electron chi connectivity index (χ2n) is 8.88. The summed E-state index contributed by atoms with van der Waals surface area (Å²) in [6.45, 7) is 10.8. The van der Waals surface area contributed by atoms with E-state index in [2.05, 4.69) is 116 Å². The van der Waals surface area contributed by atoms with Crippen molar-refractivity contribution in [3.05, 3.63) is 119 Å². The molecular weight excluding hydrogens is 442 g/mol. The highest BCUT2D eigenvalue weighted by Gasteiger charge is 2.35. The van der Waals surface area contributed by atoms with Crippen LogP contribution in [0.2, 0.25) is 0 Å². The van der Waals surface area contributed by atoms with Crippen LogP contribution >= 0.6 is 0 Å². The molecule has 184 valence electrons. The van der Waals surface area contributed by atoms with E-state index in [-0.39, 0.29) is 11.8 Å². The normalized spacial score (nSPS) is 25.2. The van der Waals surface area contributed by atoms with Gasteiger partial charge in [-0.25, -0.2) is 0 Å². The first-order chi connectivity index (χ1) is 17.6. The molecule has 0 saturated heterocycles. The lowest BCUT2D eigenvalue weighted by Crippen LogP contribution is -2.33. The van der Waals surface area contributed by atoms with Crippen LogP contribution in [-0.4, -0.2) is 6.61 Å². The van der Waals surface area contributed by atoms with Crippen molar-refractivity contribution in [3.8, 4) is 17.6 Å². The number of allylic oxidation sites excluding steroid dienone is 7. The van der Waals surface area contributed by atoms with Crippen molar-refractivity contribution < 1.29 is 9.47 Å². The van der Waals surface area contributed by atoms with Crippen LogP contribution in [0.15, 0.2) is 108 Å². The molecule has 0 N–H and O–H groups in total. The summed E-state index contributed by atoms with van der Waals surface area (Å²) in [4.78, 5) is 2.22. The Labute approximate surface area is 216 Å². The Morgan fingerprint density at radius 3 is 2.61 bits per heavy atom. The Hall–Kier alpha value is -3.90. The minimum absolute atomic E-state index is 0.0415. The molecule has 3 heteroatoms. The Morgan fingerprint density at radius 1 is 1.00 bits per heavy atom. The van der Waals surface area contributed by atoms with Crippen LogP contribution in [-0.2, 0) is 4.74 Å². The van der Waals surface area contributed by atoms with Crippen molar-refractivity contribution in [2.45, 2.75) is 47.0 Å². The van der Waals surface area contributed by atoms with E-state index in [0.717, 1.165) is 46.3 Å². The Kier molecular flexibility index (Phi) is 8.18. The van der Waals surface area contributed by atoms with Gasteiger partial charge in [0.05, 0.1) is 11.6 Å². The molecule has 3 nitrogen and oxygen atoms in total. The molecule has 3 aliphatic rings. The van der Waals surface area contributed by atoms with Crippen LogP contribution < -0.4 is 9.64 Å². The maximum Gasteiger partial charge on any atom is 0.239 e. The highest BCUT2D eigenvalue weighted by Crippen LogP contribution is 2.45. The van der Waals surface area contributed by atoms with Crippen molar-refractivity contribution in [2.24, 2.45) is 5.92 Å². The second kappa shape index (κ2) is 11.7. The van der Waals surface area contributed by atoms with Gasteiger partial charge in [-0.15, -0.1) is 0 Å². The first-order valence-electron chi connectivity index (χ1n) is 12.8. The molecule has 2 atom stereocenters. The van der Waals surface area contributed by atoms with Gasteiger partial charge in [0.25, 0.3) is 0 Å². The first kappa shape index (κ1) is 25.2. The van der Waals surface area contributed by atoms with Crippen molar-refractivity contribution in [1.82, 2.24) is 0 Å². The smallest absolute Gasteiger partial charge is 0.239 e. The number of rotatable bonds is 2.